The van der Waals surface area contributed by atoms with Crippen LogP contribution in [0.3, 0.4) is 0 Å². The van der Waals surface area contributed by atoms with Gasteiger partial charge in [0, 0.05) is 13.0 Å². The lowest BCUT2D eigenvalue weighted by Gasteiger charge is -2.16. The molecule has 0 aromatic heterocycles. The molecule has 1 aliphatic rings. The second-order valence-corrected chi connectivity index (χ2v) is 4.12. The molecular weight excluding hydrogens is 138 g/mol. The van der Waals surface area contributed by atoms with E-state index in [1.54, 1.807) is 6.92 Å². The number of carbonyl (C=O) groups excluding carboxylic acids is 1. The van der Waals surface area contributed by atoms with E-state index in [0.29, 0.717) is 11.5 Å². The summed E-state index contributed by atoms with van der Waals surface area (Å²) in [5.74, 6) is 0.0850. The van der Waals surface area contributed by atoms with Crippen molar-refractivity contribution in [2.75, 3.05) is 0 Å². The van der Waals surface area contributed by atoms with Crippen LogP contribution >= 0.6 is 0 Å². The largest absolute Gasteiger partial charge is 0.354 e. The summed E-state index contributed by atoms with van der Waals surface area (Å²) in [5.41, 5.74) is 0.544. The number of amides is 1. The van der Waals surface area contributed by atoms with Gasteiger partial charge in [0.25, 0.3) is 0 Å². The molecule has 0 bridgehead atoms. The molecule has 1 amide bonds. The molecule has 0 aliphatic heterocycles. The monoisotopic (exact) mass is 155 g/mol. The molecule has 1 N–H and O–H groups in total. The summed E-state index contributed by atoms with van der Waals surface area (Å²) >= 11 is 0. The molecule has 0 heterocycles. The fraction of sp³-hybridized carbons (Fsp3) is 0.889. The van der Waals surface area contributed by atoms with Gasteiger partial charge in [0.05, 0.1) is 0 Å². The smallest absolute Gasteiger partial charge is 0.217 e. The van der Waals surface area contributed by atoms with E-state index in [4.69, 9.17) is 0 Å². The predicted molar refractivity (Wildman–Crippen MR) is 45.2 cm³/mol. The Hall–Kier alpha value is -0.530. The second kappa shape index (κ2) is 2.84. The average Bonchev–Trinajstić information content (AvgIpc) is 2.44. The van der Waals surface area contributed by atoms with Gasteiger partial charge in [-0.05, 0) is 31.6 Å². The maximum Gasteiger partial charge on any atom is 0.217 e. The second-order valence-electron chi connectivity index (χ2n) is 4.12. The summed E-state index contributed by atoms with van der Waals surface area (Å²) in [4.78, 5) is 10.6. The molecule has 0 spiro atoms. The molecule has 1 unspecified atom stereocenters. The van der Waals surface area contributed by atoms with Gasteiger partial charge in [-0.25, -0.2) is 0 Å². The van der Waals surface area contributed by atoms with Gasteiger partial charge < -0.3 is 5.32 Å². The highest BCUT2D eigenvalue weighted by molar-refractivity contribution is 5.73. The van der Waals surface area contributed by atoms with E-state index < -0.39 is 0 Å². The fourth-order valence-corrected chi connectivity index (χ4v) is 1.55. The van der Waals surface area contributed by atoms with Crippen LogP contribution in [0.4, 0.5) is 0 Å². The lowest BCUT2D eigenvalue weighted by atomic mass is 10.0. The van der Waals surface area contributed by atoms with Crippen LogP contribution in [0, 0.1) is 5.41 Å². The molecule has 1 aliphatic carbocycles. The Morgan fingerprint density at radius 2 is 2.18 bits per heavy atom. The molecule has 0 aromatic carbocycles. The molecule has 2 nitrogen and oxygen atoms in total. The minimum Gasteiger partial charge on any atom is -0.354 e. The van der Waals surface area contributed by atoms with E-state index in [9.17, 15) is 4.79 Å². The molecule has 1 saturated carbocycles. The van der Waals surface area contributed by atoms with Gasteiger partial charge in [-0.3, -0.25) is 4.79 Å². The Kier molecular flexibility index (Phi) is 2.21. The van der Waals surface area contributed by atoms with Crippen LogP contribution in [0.1, 0.15) is 40.0 Å². The van der Waals surface area contributed by atoms with Crippen LogP contribution in [0.5, 0.6) is 0 Å². The van der Waals surface area contributed by atoms with Gasteiger partial charge in [-0.2, -0.15) is 0 Å². The summed E-state index contributed by atoms with van der Waals surface area (Å²) in [6, 6.07) is 0.347. The van der Waals surface area contributed by atoms with Crippen molar-refractivity contribution in [3.05, 3.63) is 0 Å². The zero-order chi connectivity index (χ0) is 8.48. The standard InChI is InChI=1S/C9H17NO/c1-7(10-8(2)11)6-9(3)4-5-9/h7H,4-6H2,1-3H3,(H,10,11). The summed E-state index contributed by atoms with van der Waals surface area (Å²) in [6.45, 7) is 5.93. The Morgan fingerprint density at radius 3 is 2.55 bits per heavy atom. The molecule has 2 heteroatoms. The van der Waals surface area contributed by atoms with Crippen LogP contribution in [0.25, 0.3) is 0 Å². The summed E-state index contributed by atoms with van der Waals surface area (Å²) in [7, 11) is 0. The number of hydrogen-bond acceptors (Lipinski definition) is 1. The van der Waals surface area contributed by atoms with E-state index in [1.165, 1.54) is 12.8 Å². The minimum atomic E-state index is 0.0850. The van der Waals surface area contributed by atoms with Crippen LogP contribution in [0.2, 0.25) is 0 Å². The zero-order valence-corrected chi connectivity index (χ0v) is 7.61. The maximum atomic E-state index is 10.6. The van der Waals surface area contributed by atoms with Crippen molar-refractivity contribution >= 4 is 5.91 Å². The first-order valence-corrected chi connectivity index (χ1v) is 4.29. The van der Waals surface area contributed by atoms with Crippen molar-refractivity contribution in [2.24, 2.45) is 5.41 Å². The van der Waals surface area contributed by atoms with Gasteiger partial charge in [-0.15, -0.1) is 0 Å². The van der Waals surface area contributed by atoms with E-state index in [0.717, 1.165) is 6.42 Å². The van der Waals surface area contributed by atoms with Crippen molar-refractivity contribution in [3.8, 4) is 0 Å². The number of rotatable bonds is 3. The Balaban J connectivity index is 2.20. The third kappa shape index (κ3) is 2.91. The molecule has 0 radical (unpaired) electrons. The summed E-state index contributed by atoms with van der Waals surface area (Å²) < 4.78 is 0. The minimum absolute atomic E-state index is 0.0850. The third-order valence-electron chi connectivity index (χ3n) is 2.35. The maximum absolute atomic E-state index is 10.6. The summed E-state index contributed by atoms with van der Waals surface area (Å²) in [5, 5.41) is 2.90. The predicted octanol–water partition coefficient (Wildman–Crippen LogP) is 1.70. The van der Waals surface area contributed by atoms with E-state index in [-0.39, 0.29) is 5.91 Å². The first-order chi connectivity index (χ1) is 5.02. The van der Waals surface area contributed by atoms with Crippen LogP contribution in [0.15, 0.2) is 0 Å². The molecule has 1 atom stereocenters. The van der Waals surface area contributed by atoms with E-state index in [2.05, 4.69) is 19.2 Å². The molecule has 64 valence electrons. The highest BCUT2D eigenvalue weighted by Gasteiger charge is 2.38. The molecular formula is C9H17NO. The van der Waals surface area contributed by atoms with Crippen molar-refractivity contribution in [1.29, 1.82) is 0 Å². The molecule has 0 aromatic rings. The highest BCUT2D eigenvalue weighted by Crippen LogP contribution is 2.48. The fourth-order valence-electron chi connectivity index (χ4n) is 1.55. The van der Waals surface area contributed by atoms with Crippen molar-refractivity contribution in [1.82, 2.24) is 5.32 Å². The van der Waals surface area contributed by atoms with Gasteiger partial charge >= 0.3 is 0 Å². The normalized spacial score (nSPS) is 22.5. The van der Waals surface area contributed by atoms with Crippen LogP contribution in [-0.4, -0.2) is 11.9 Å². The first-order valence-electron chi connectivity index (χ1n) is 4.29. The van der Waals surface area contributed by atoms with Gasteiger partial charge in [0.15, 0.2) is 0 Å². The van der Waals surface area contributed by atoms with Crippen molar-refractivity contribution in [2.45, 2.75) is 46.1 Å². The molecule has 11 heavy (non-hydrogen) atoms. The lowest BCUT2D eigenvalue weighted by molar-refractivity contribution is -0.119. The number of nitrogens with one attached hydrogen (secondary N) is 1. The summed E-state index contributed by atoms with van der Waals surface area (Å²) in [6.07, 6.45) is 3.79. The molecule has 1 rings (SSSR count). The van der Waals surface area contributed by atoms with Gasteiger partial charge in [0.1, 0.15) is 0 Å². The first kappa shape index (κ1) is 8.57. The topological polar surface area (TPSA) is 29.1 Å². The Morgan fingerprint density at radius 1 is 1.64 bits per heavy atom. The SMILES string of the molecule is CC(=O)NC(C)CC1(C)CC1. The molecule has 0 saturated heterocycles. The van der Waals surface area contributed by atoms with Crippen molar-refractivity contribution < 1.29 is 4.79 Å². The third-order valence-corrected chi connectivity index (χ3v) is 2.35. The Bertz CT molecular complexity index is 161. The van der Waals surface area contributed by atoms with Crippen molar-refractivity contribution in [3.63, 3.8) is 0 Å². The number of hydrogen-bond donors (Lipinski definition) is 1. The zero-order valence-electron chi connectivity index (χ0n) is 7.61. The number of carbonyl (C=O) groups is 1. The highest BCUT2D eigenvalue weighted by atomic mass is 16.1. The van der Waals surface area contributed by atoms with E-state index >= 15 is 0 Å². The van der Waals surface area contributed by atoms with Gasteiger partial charge in [0.2, 0.25) is 5.91 Å². The average molecular weight is 155 g/mol. The Labute approximate surface area is 68.4 Å². The van der Waals surface area contributed by atoms with Gasteiger partial charge in [-0.1, -0.05) is 6.92 Å². The quantitative estimate of drug-likeness (QED) is 0.660. The van der Waals surface area contributed by atoms with Crippen LogP contribution < -0.4 is 5.32 Å². The van der Waals surface area contributed by atoms with Crippen LogP contribution in [-0.2, 0) is 4.79 Å². The van der Waals surface area contributed by atoms with E-state index in [1.807, 2.05) is 0 Å². The molecule has 1 fully saturated rings. The lowest BCUT2D eigenvalue weighted by Crippen LogP contribution is -2.32.